The van der Waals surface area contributed by atoms with Crippen molar-refractivity contribution in [3.8, 4) is 11.3 Å². The van der Waals surface area contributed by atoms with Crippen molar-refractivity contribution >= 4 is 6.29 Å². The summed E-state index contributed by atoms with van der Waals surface area (Å²) in [6.07, 6.45) is 0.760. The van der Waals surface area contributed by atoms with Gasteiger partial charge >= 0.3 is 0 Å². The molecule has 0 N–H and O–H groups in total. The number of nitrogens with zero attached hydrogens (tertiary/aromatic N) is 3. The molecule has 4 nitrogen and oxygen atoms in total. The van der Waals surface area contributed by atoms with E-state index < -0.39 is 0 Å². The van der Waals surface area contributed by atoms with Crippen LogP contribution in [0.25, 0.3) is 11.3 Å². The van der Waals surface area contributed by atoms with E-state index in [2.05, 4.69) is 17.2 Å². The molecule has 0 aliphatic heterocycles. The molecule has 1 unspecified atom stereocenters. The molecule has 110 valence electrons. The SMILES string of the molecule is Cc1ccc(-c2c(C=O)nnn2C(C)c2ccccc2)cc1. The van der Waals surface area contributed by atoms with Gasteiger partial charge in [-0.15, -0.1) is 5.10 Å². The summed E-state index contributed by atoms with van der Waals surface area (Å²) in [5.41, 5.74) is 4.36. The second kappa shape index (κ2) is 5.93. The lowest BCUT2D eigenvalue weighted by Gasteiger charge is -2.15. The van der Waals surface area contributed by atoms with Gasteiger partial charge in [0.2, 0.25) is 0 Å². The van der Waals surface area contributed by atoms with E-state index in [0.29, 0.717) is 5.69 Å². The Morgan fingerprint density at radius 3 is 2.36 bits per heavy atom. The van der Waals surface area contributed by atoms with Gasteiger partial charge in [0.25, 0.3) is 0 Å². The highest BCUT2D eigenvalue weighted by Crippen LogP contribution is 2.27. The second-order valence-corrected chi connectivity index (χ2v) is 5.34. The van der Waals surface area contributed by atoms with E-state index in [4.69, 9.17) is 0 Å². The van der Waals surface area contributed by atoms with E-state index >= 15 is 0 Å². The normalized spacial score (nSPS) is 12.1. The molecule has 4 heteroatoms. The fourth-order valence-corrected chi connectivity index (χ4v) is 2.52. The van der Waals surface area contributed by atoms with Gasteiger partial charge in [-0.2, -0.15) is 0 Å². The van der Waals surface area contributed by atoms with Crippen LogP contribution in [0.2, 0.25) is 0 Å². The largest absolute Gasteiger partial charge is 0.296 e. The van der Waals surface area contributed by atoms with Crippen LogP contribution in [0.1, 0.15) is 34.6 Å². The lowest BCUT2D eigenvalue weighted by atomic mass is 10.1. The number of aromatic nitrogens is 3. The molecule has 1 heterocycles. The molecule has 0 amide bonds. The molecular weight excluding hydrogens is 274 g/mol. The number of benzene rings is 2. The topological polar surface area (TPSA) is 47.8 Å². The van der Waals surface area contributed by atoms with Crippen molar-refractivity contribution in [2.24, 2.45) is 0 Å². The minimum absolute atomic E-state index is 0.00120. The zero-order valence-electron chi connectivity index (χ0n) is 12.6. The van der Waals surface area contributed by atoms with E-state index in [1.807, 2.05) is 66.2 Å². The van der Waals surface area contributed by atoms with Crippen LogP contribution in [0.15, 0.2) is 54.6 Å². The van der Waals surface area contributed by atoms with Crippen molar-refractivity contribution in [1.82, 2.24) is 15.0 Å². The first-order valence-electron chi connectivity index (χ1n) is 7.23. The molecule has 1 aromatic heterocycles. The van der Waals surface area contributed by atoms with Gasteiger partial charge in [0.15, 0.2) is 12.0 Å². The van der Waals surface area contributed by atoms with Crippen molar-refractivity contribution in [3.63, 3.8) is 0 Å². The number of hydrogen-bond acceptors (Lipinski definition) is 3. The second-order valence-electron chi connectivity index (χ2n) is 5.34. The Morgan fingerprint density at radius 2 is 1.73 bits per heavy atom. The summed E-state index contributed by atoms with van der Waals surface area (Å²) in [6.45, 7) is 4.09. The van der Waals surface area contributed by atoms with Crippen molar-refractivity contribution in [3.05, 3.63) is 71.4 Å². The predicted octanol–water partition coefficient (Wildman–Crippen LogP) is 3.68. The third-order valence-corrected chi connectivity index (χ3v) is 3.81. The number of hydrogen-bond donors (Lipinski definition) is 0. The van der Waals surface area contributed by atoms with Crippen LogP contribution < -0.4 is 0 Å². The van der Waals surface area contributed by atoms with Gasteiger partial charge in [-0.25, -0.2) is 4.68 Å². The van der Waals surface area contributed by atoms with Crippen LogP contribution in [0.5, 0.6) is 0 Å². The maximum atomic E-state index is 11.3. The fraction of sp³-hybridized carbons (Fsp3) is 0.167. The van der Waals surface area contributed by atoms with Crippen molar-refractivity contribution in [2.75, 3.05) is 0 Å². The first kappa shape index (κ1) is 14.2. The summed E-state index contributed by atoms with van der Waals surface area (Å²) in [5.74, 6) is 0. The average Bonchev–Trinajstić information content (AvgIpc) is 2.99. The minimum Gasteiger partial charge on any atom is -0.296 e. The molecule has 0 fully saturated rings. The molecule has 0 spiro atoms. The summed E-state index contributed by atoms with van der Waals surface area (Å²) < 4.78 is 1.81. The van der Waals surface area contributed by atoms with Gasteiger partial charge in [0.05, 0.1) is 6.04 Å². The van der Waals surface area contributed by atoms with Gasteiger partial charge in [-0.05, 0) is 19.4 Å². The summed E-state index contributed by atoms with van der Waals surface area (Å²) in [4.78, 5) is 11.3. The Kier molecular flexibility index (Phi) is 3.83. The average molecular weight is 291 g/mol. The number of carbonyl (C=O) groups is 1. The van der Waals surface area contributed by atoms with E-state index in [9.17, 15) is 4.79 Å². The quantitative estimate of drug-likeness (QED) is 0.689. The van der Waals surface area contributed by atoms with Gasteiger partial charge in [-0.3, -0.25) is 4.79 Å². The number of rotatable bonds is 4. The zero-order valence-corrected chi connectivity index (χ0v) is 12.6. The Labute approximate surface area is 129 Å². The first-order valence-corrected chi connectivity index (χ1v) is 7.23. The molecule has 0 saturated heterocycles. The standard InChI is InChI=1S/C18H17N3O/c1-13-8-10-16(11-9-13)18-17(12-22)19-20-21(18)14(2)15-6-4-3-5-7-15/h3-12,14H,1-2H3. The summed E-state index contributed by atoms with van der Waals surface area (Å²) in [5, 5.41) is 8.22. The van der Waals surface area contributed by atoms with Crippen LogP contribution in [0.4, 0.5) is 0 Å². The van der Waals surface area contributed by atoms with Crippen molar-refractivity contribution < 1.29 is 4.79 Å². The van der Waals surface area contributed by atoms with Gasteiger partial charge in [0, 0.05) is 5.56 Å². The Balaban J connectivity index is 2.11. The molecular formula is C18H17N3O. The molecule has 0 aliphatic carbocycles. The molecule has 22 heavy (non-hydrogen) atoms. The highest BCUT2D eigenvalue weighted by Gasteiger charge is 2.19. The predicted molar refractivity (Wildman–Crippen MR) is 85.8 cm³/mol. The molecule has 0 saturated carbocycles. The Hall–Kier alpha value is -2.75. The molecule has 0 radical (unpaired) electrons. The number of carbonyl (C=O) groups excluding carboxylic acids is 1. The smallest absolute Gasteiger partial charge is 0.172 e. The highest BCUT2D eigenvalue weighted by atomic mass is 16.1. The molecule has 0 aliphatic rings. The van der Waals surface area contributed by atoms with Crippen LogP contribution in [-0.4, -0.2) is 21.3 Å². The summed E-state index contributed by atoms with van der Waals surface area (Å²) in [6, 6.07) is 18.1. The van der Waals surface area contributed by atoms with Crippen LogP contribution in [0, 0.1) is 6.92 Å². The summed E-state index contributed by atoms with van der Waals surface area (Å²) in [7, 11) is 0. The lowest BCUT2D eigenvalue weighted by Crippen LogP contribution is -2.10. The molecule has 1 atom stereocenters. The third kappa shape index (κ3) is 2.55. The third-order valence-electron chi connectivity index (χ3n) is 3.81. The zero-order chi connectivity index (χ0) is 15.5. The van der Waals surface area contributed by atoms with E-state index in [0.717, 1.165) is 23.1 Å². The number of aryl methyl sites for hydroxylation is 1. The van der Waals surface area contributed by atoms with Crippen LogP contribution >= 0.6 is 0 Å². The van der Waals surface area contributed by atoms with Crippen molar-refractivity contribution in [2.45, 2.75) is 19.9 Å². The monoisotopic (exact) mass is 291 g/mol. The molecule has 2 aromatic carbocycles. The highest BCUT2D eigenvalue weighted by molar-refractivity contribution is 5.83. The van der Waals surface area contributed by atoms with Crippen molar-refractivity contribution in [1.29, 1.82) is 0 Å². The summed E-state index contributed by atoms with van der Waals surface area (Å²) >= 11 is 0. The molecule has 3 aromatic rings. The van der Waals surface area contributed by atoms with E-state index in [-0.39, 0.29) is 6.04 Å². The van der Waals surface area contributed by atoms with E-state index in [1.54, 1.807) is 0 Å². The van der Waals surface area contributed by atoms with Gasteiger partial charge in [0.1, 0.15) is 5.69 Å². The Morgan fingerprint density at radius 1 is 1.05 bits per heavy atom. The Bertz CT molecular complexity index is 776. The van der Waals surface area contributed by atoms with Crippen LogP contribution in [0.3, 0.4) is 0 Å². The van der Waals surface area contributed by atoms with Crippen LogP contribution in [-0.2, 0) is 0 Å². The number of aldehydes is 1. The lowest BCUT2D eigenvalue weighted by molar-refractivity contribution is 0.111. The maximum Gasteiger partial charge on any atom is 0.172 e. The molecule has 0 bridgehead atoms. The maximum absolute atomic E-state index is 11.3. The first-order chi connectivity index (χ1) is 10.7. The van der Waals surface area contributed by atoms with E-state index in [1.165, 1.54) is 5.56 Å². The fourth-order valence-electron chi connectivity index (χ4n) is 2.52. The molecule has 3 rings (SSSR count). The van der Waals surface area contributed by atoms with Gasteiger partial charge in [-0.1, -0.05) is 65.4 Å². The minimum atomic E-state index is -0.00120. The van der Waals surface area contributed by atoms with Gasteiger partial charge < -0.3 is 0 Å².